The van der Waals surface area contributed by atoms with E-state index in [0.717, 1.165) is 11.4 Å². The van der Waals surface area contributed by atoms with Crippen LogP contribution in [0.5, 0.6) is 0 Å². The van der Waals surface area contributed by atoms with Gasteiger partial charge in [0.25, 0.3) is 0 Å². The molecule has 3 rings (SSSR count). The van der Waals surface area contributed by atoms with Crippen molar-refractivity contribution >= 4 is 44.1 Å². The van der Waals surface area contributed by atoms with E-state index < -0.39 is 21.2 Å². The molecule has 0 saturated carbocycles. The van der Waals surface area contributed by atoms with Crippen molar-refractivity contribution in [2.75, 3.05) is 48.8 Å². The van der Waals surface area contributed by atoms with Crippen molar-refractivity contribution in [2.24, 2.45) is 5.92 Å². The molecule has 136 valence electrons. The maximum Gasteiger partial charge on any atom is 0.227 e. The van der Waals surface area contributed by atoms with Crippen LogP contribution >= 0.6 is 11.6 Å². The number of piperazine rings is 1. The van der Waals surface area contributed by atoms with Crippen molar-refractivity contribution in [3.05, 3.63) is 24.3 Å². The zero-order valence-electron chi connectivity index (χ0n) is 13.9. The van der Waals surface area contributed by atoms with E-state index in [9.17, 15) is 18.0 Å². The molecule has 2 heterocycles. The van der Waals surface area contributed by atoms with E-state index in [1.54, 1.807) is 4.90 Å². The van der Waals surface area contributed by atoms with Crippen LogP contribution in [0.4, 0.5) is 11.4 Å². The van der Waals surface area contributed by atoms with Crippen LogP contribution in [0, 0.1) is 5.92 Å². The van der Waals surface area contributed by atoms with E-state index in [4.69, 9.17) is 11.6 Å². The van der Waals surface area contributed by atoms with Crippen LogP contribution in [0.3, 0.4) is 0 Å². The van der Waals surface area contributed by atoms with E-state index in [1.807, 2.05) is 24.3 Å². The predicted molar refractivity (Wildman–Crippen MR) is 96.4 cm³/mol. The van der Waals surface area contributed by atoms with Gasteiger partial charge in [-0.2, -0.15) is 4.31 Å². The number of hydrogen-bond acceptors (Lipinski definition) is 5. The molecule has 25 heavy (non-hydrogen) atoms. The number of hydrogen-bond donors (Lipinski definition) is 0. The average Bonchev–Trinajstić information content (AvgIpc) is 2.96. The fourth-order valence-electron chi connectivity index (χ4n) is 3.31. The molecule has 7 nitrogen and oxygen atoms in total. The second kappa shape index (κ2) is 6.93. The van der Waals surface area contributed by atoms with Crippen molar-refractivity contribution in [1.82, 2.24) is 4.31 Å². The van der Waals surface area contributed by atoms with Gasteiger partial charge in [0.1, 0.15) is 0 Å². The van der Waals surface area contributed by atoms with Gasteiger partial charge in [0.2, 0.25) is 21.2 Å². The lowest BCUT2D eigenvalue weighted by Gasteiger charge is -2.36. The third kappa shape index (κ3) is 3.80. The van der Waals surface area contributed by atoms with Gasteiger partial charge in [0.15, 0.2) is 0 Å². The van der Waals surface area contributed by atoms with E-state index >= 15 is 0 Å². The fourth-order valence-corrected chi connectivity index (χ4v) is 4.29. The molecule has 0 spiro atoms. The number of benzene rings is 1. The molecule has 2 aliphatic heterocycles. The van der Waals surface area contributed by atoms with Crippen molar-refractivity contribution in [1.29, 1.82) is 0 Å². The van der Waals surface area contributed by atoms with Crippen molar-refractivity contribution in [3.8, 4) is 0 Å². The Hall–Kier alpha value is -1.64. The Labute approximate surface area is 152 Å². The van der Waals surface area contributed by atoms with Crippen LogP contribution in [0.15, 0.2) is 24.3 Å². The van der Waals surface area contributed by atoms with Gasteiger partial charge >= 0.3 is 0 Å². The van der Waals surface area contributed by atoms with E-state index in [1.165, 1.54) is 10.6 Å². The van der Waals surface area contributed by atoms with Crippen LogP contribution < -0.4 is 9.80 Å². The number of amides is 1. The zero-order chi connectivity index (χ0) is 18.2. The quantitative estimate of drug-likeness (QED) is 0.719. The second-order valence-electron chi connectivity index (χ2n) is 6.35. The Morgan fingerprint density at radius 1 is 1.12 bits per heavy atom. The minimum absolute atomic E-state index is 0.124. The molecule has 0 bridgehead atoms. The molecule has 1 amide bonds. The number of sulfonamides is 1. The minimum atomic E-state index is -3.19. The summed E-state index contributed by atoms with van der Waals surface area (Å²) in [6.45, 7) is 2.18. The number of nitrogens with zero attached hydrogens (tertiary/aromatic N) is 3. The Bertz CT molecular complexity index is 790. The summed E-state index contributed by atoms with van der Waals surface area (Å²) in [6.07, 6.45) is 1.33. The highest BCUT2D eigenvalue weighted by atomic mass is 35.5. The predicted octanol–water partition coefficient (Wildman–Crippen LogP) is 0.886. The molecular formula is C16H20ClN3O4S. The van der Waals surface area contributed by atoms with E-state index in [0.29, 0.717) is 26.2 Å². The SMILES string of the molecule is CS(=O)(=O)N1CCN(c2ccccc2N2C[C@@H](C(=O)Cl)CC2=O)CC1. The summed E-state index contributed by atoms with van der Waals surface area (Å²) >= 11 is 5.56. The lowest BCUT2D eigenvalue weighted by Crippen LogP contribution is -2.48. The van der Waals surface area contributed by atoms with E-state index in [2.05, 4.69) is 4.90 Å². The van der Waals surface area contributed by atoms with Crippen LogP contribution in [0.25, 0.3) is 0 Å². The summed E-state index contributed by atoms with van der Waals surface area (Å²) in [4.78, 5) is 27.4. The third-order valence-corrected chi connectivity index (χ3v) is 6.28. The molecule has 0 N–H and O–H groups in total. The van der Waals surface area contributed by atoms with Gasteiger partial charge in [-0.1, -0.05) is 12.1 Å². The molecule has 0 aromatic heterocycles. The maximum absolute atomic E-state index is 12.3. The van der Waals surface area contributed by atoms with Crippen molar-refractivity contribution in [3.63, 3.8) is 0 Å². The standard InChI is InChI=1S/C16H20ClN3O4S/c1-25(23,24)19-8-6-18(7-9-19)13-4-2-3-5-14(13)20-11-12(16(17)22)10-15(20)21/h2-5,12H,6-11H2,1H3/t12-/m0/s1. The number of carbonyl (C=O) groups excluding carboxylic acids is 2. The molecule has 1 aromatic rings. The number of para-hydroxylation sites is 2. The van der Waals surface area contributed by atoms with Gasteiger partial charge in [-0.25, -0.2) is 8.42 Å². The van der Waals surface area contributed by atoms with E-state index in [-0.39, 0.29) is 18.9 Å². The Balaban J connectivity index is 1.81. The first kappa shape index (κ1) is 18.2. The molecule has 2 fully saturated rings. The molecule has 0 radical (unpaired) electrons. The summed E-state index contributed by atoms with van der Waals surface area (Å²) in [6, 6.07) is 7.48. The Morgan fingerprint density at radius 2 is 1.72 bits per heavy atom. The highest BCUT2D eigenvalue weighted by Crippen LogP contribution is 2.34. The molecule has 0 aliphatic carbocycles. The average molecular weight is 386 g/mol. The Kier molecular flexibility index (Phi) is 5.04. The second-order valence-corrected chi connectivity index (χ2v) is 8.70. The first-order valence-electron chi connectivity index (χ1n) is 8.06. The van der Waals surface area contributed by atoms with Gasteiger partial charge < -0.3 is 9.80 Å². The lowest BCUT2D eigenvalue weighted by molar-refractivity contribution is -0.120. The van der Waals surface area contributed by atoms with Crippen LogP contribution in [0.2, 0.25) is 0 Å². The molecular weight excluding hydrogens is 366 g/mol. The normalized spacial score (nSPS) is 22.5. The summed E-state index contributed by atoms with van der Waals surface area (Å²) in [7, 11) is -3.19. The minimum Gasteiger partial charge on any atom is -0.367 e. The summed E-state index contributed by atoms with van der Waals surface area (Å²) in [5, 5.41) is -0.491. The van der Waals surface area contributed by atoms with Crippen molar-refractivity contribution in [2.45, 2.75) is 6.42 Å². The van der Waals surface area contributed by atoms with Gasteiger partial charge in [-0.15, -0.1) is 0 Å². The molecule has 9 heteroatoms. The third-order valence-electron chi connectivity index (χ3n) is 4.67. The first-order valence-corrected chi connectivity index (χ1v) is 10.3. The lowest BCUT2D eigenvalue weighted by atomic mass is 10.1. The smallest absolute Gasteiger partial charge is 0.227 e. The fraction of sp³-hybridized carbons (Fsp3) is 0.500. The molecule has 2 aliphatic rings. The van der Waals surface area contributed by atoms with Gasteiger partial charge in [0.05, 0.1) is 23.5 Å². The molecule has 1 atom stereocenters. The van der Waals surface area contributed by atoms with Gasteiger partial charge in [0, 0.05) is 39.1 Å². The highest BCUT2D eigenvalue weighted by Gasteiger charge is 2.36. The Morgan fingerprint density at radius 3 is 2.24 bits per heavy atom. The van der Waals surface area contributed by atoms with Crippen LogP contribution in [-0.2, 0) is 19.6 Å². The monoisotopic (exact) mass is 385 g/mol. The number of anilines is 2. The van der Waals surface area contributed by atoms with Gasteiger partial charge in [-0.3, -0.25) is 9.59 Å². The summed E-state index contributed by atoms with van der Waals surface area (Å²) < 4.78 is 24.8. The molecule has 0 unspecified atom stereocenters. The molecule has 1 aromatic carbocycles. The maximum atomic E-state index is 12.3. The summed E-state index contributed by atoms with van der Waals surface area (Å²) in [5.41, 5.74) is 1.60. The number of rotatable bonds is 4. The number of halogens is 1. The van der Waals surface area contributed by atoms with Crippen molar-refractivity contribution < 1.29 is 18.0 Å². The largest absolute Gasteiger partial charge is 0.367 e. The molecule has 2 saturated heterocycles. The highest BCUT2D eigenvalue weighted by molar-refractivity contribution is 7.88. The summed E-state index contributed by atoms with van der Waals surface area (Å²) in [5.74, 6) is -0.606. The topological polar surface area (TPSA) is 78.0 Å². The first-order chi connectivity index (χ1) is 11.8. The van der Waals surface area contributed by atoms with Crippen LogP contribution in [-0.4, -0.2) is 62.9 Å². The van der Waals surface area contributed by atoms with Crippen LogP contribution in [0.1, 0.15) is 6.42 Å². The number of carbonyl (C=O) groups is 2. The van der Waals surface area contributed by atoms with Gasteiger partial charge in [-0.05, 0) is 23.7 Å². The zero-order valence-corrected chi connectivity index (χ0v) is 15.5.